The van der Waals surface area contributed by atoms with Crippen LogP contribution in [0, 0.1) is 13.8 Å². The molecule has 0 bridgehead atoms. The fourth-order valence-electron chi connectivity index (χ4n) is 2.66. The second-order valence-electron chi connectivity index (χ2n) is 6.21. The Bertz CT molecular complexity index is 782. The average molecular weight is 354 g/mol. The second-order valence-corrected chi connectivity index (χ2v) is 6.21. The van der Waals surface area contributed by atoms with Crippen LogP contribution in [0.1, 0.15) is 27.0 Å². The Morgan fingerprint density at radius 2 is 1.62 bits per heavy atom. The van der Waals surface area contributed by atoms with E-state index in [2.05, 4.69) is 10.6 Å². The zero-order valence-corrected chi connectivity index (χ0v) is 14.8. The van der Waals surface area contributed by atoms with E-state index < -0.39 is 17.9 Å². The Labute approximate surface area is 152 Å². The monoisotopic (exact) mass is 354 g/mol. The molecule has 0 radical (unpaired) electrons. The summed E-state index contributed by atoms with van der Waals surface area (Å²) < 4.78 is 0. The van der Waals surface area contributed by atoms with Crippen LogP contribution in [0.4, 0.5) is 0 Å². The van der Waals surface area contributed by atoms with Gasteiger partial charge in [-0.25, -0.2) is 4.79 Å². The van der Waals surface area contributed by atoms with E-state index in [0.717, 1.165) is 16.7 Å². The van der Waals surface area contributed by atoms with Crippen LogP contribution in [0.15, 0.2) is 48.5 Å². The normalized spacial score (nSPS) is 11.5. The number of carbonyl (C=O) groups is 3. The fourth-order valence-corrected chi connectivity index (χ4v) is 2.66. The summed E-state index contributed by atoms with van der Waals surface area (Å²) in [7, 11) is 0. The molecule has 136 valence electrons. The van der Waals surface area contributed by atoms with Crippen LogP contribution in [0.25, 0.3) is 0 Å². The highest BCUT2D eigenvalue weighted by molar-refractivity contribution is 5.97. The number of hydrogen-bond donors (Lipinski definition) is 3. The Morgan fingerprint density at radius 3 is 2.19 bits per heavy atom. The molecule has 2 amide bonds. The summed E-state index contributed by atoms with van der Waals surface area (Å²) in [4.78, 5) is 35.6. The van der Waals surface area contributed by atoms with E-state index in [9.17, 15) is 19.5 Å². The summed E-state index contributed by atoms with van der Waals surface area (Å²) in [5, 5.41) is 14.3. The van der Waals surface area contributed by atoms with Gasteiger partial charge in [0.1, 0.15) is 6.04 Å². The number of nitrogens with one attached hydrogen (secondary N) is 2. The molecule has 6 nitrogen and oxygen atoms in total. The zero-order chi connectivity index (χ0) is 19.1. The van der Waals surface area contributed by atoms with Crippen LogP contribution in [0.5, 0.6) is 0 Å². The molecule has 0 aliphatic carbocycles. The van der Waals surface area contributed by atoms with Crippen molar-refractivity contribution in [1.82, 2.24) is 10.6 Å². The van der Waals surface area contributed by atoms with E-state index >= 15 is 0 Å². The first kappa shape index (κ1) is 19.2. The first-order chi connectivity index (χ1) is 12.3. The molecule has 0 aliphatic heterocycles. The zero-order valence-electron chi connectivity index (χ0n) is 14.8. The number of carboxylic acid groups (broad SMARTS) is 1. The van der Waals surface area contributed by atoms with Crippen LogP contribution in [0.3, 0.4) is 0 Å². The largest absolute Gasteiger partial charge is 0.480 e. The number of carboxylic acids is 1. The molecule has 6 heteroatoms. The highest BCUT2D eigenvalue weighted by atomic mass is 16.4. The molecule has 2 aromatic rings. The predicted octanol–water partition coefficient (Wildman–Crippen LogP) is 1.85. The Balaban J connectivity index is 1.91. The lowest BCUT2D eigenvalue weighted by Gasteiger charge is -2.15. The summed E-state index contributed by atoms with van der Waals surface area (Å²) in [5.74, 6) is -2.05. The lowest BCUT2D eigenvalue weighted by Crippen LogP contribution is -2.46. The summed E-state index contributed by atoms with van der Waals surface area (Å²) in [6, 6.07) is 13.4. The van der Waals surface area contributed by atoms with Crippen molar-refractivity contribution in [2.45, 2.75) is 26.3 Å². The van der Waals surface area contributed by atoms with Gasteiger partial charge in [-0.1, -0.05) is 47.5 Å². The summed E-state index contributed by atoms with van der Waals surface area (Å²) >= 11 is 0. The number of rotatable bonds is 7. The second kappa shape index (κ2) is 8.80. The predicted molar refractivity (Wildman–Crippen MR) is 98.0 cm³/mol. The number of aryl methyl sites for hydroxylation is 2. The number of benzene rings is 2. The number of amides is 2. The van der Waals surface area contributed by atoms with Crippen molar-refractivity contribution < 1.29 is 19.5 Å². The van der Waals surface area contributed by atoms with Gasteiger partial charge in [-0.3, -0.25) is 9.59 Å². The lowest BCUT2D eigenvalue weighted by atomic mass is 10.1. The average Bonchev–Trinajstić information content (AvgIpc) is 2.59. The molecule has 0 unspecified atom stereocenters. The van der Waals surface area contributed by atoms with E-state index in [1.807, 2.05) is 26.0 Å². The molecule has 0 aromatic heterocycles. The fraction of sp³-hybridized carbons (Fsp3) is 0.250. The van der Waals surface area contributed by atoms with Crippen molar-refractivity contribution in [3.05, 3.63) is 70.8 Å². The van der Waals surface area contributed by atoms with E-state index in [-0.39, 0.29) is 18.9 Å². The Morgan fingerprint density at radius 1 is 1.00 bits per heavy atom. The number of hydrogen-bond acceptors (Lipinski definition) is 3. The van der Waals surface area contributed by atoms with Crippen LogP contribution >= 0.6 is 0 Å². The standard InChI is InChI=1S/C20H22N2O4/c1-13-8-14(2)10-16(9-13)19(24)21-12-18(23)22-17(20(25)26)11-15-6-4-3-5-7-15/h3-10,17H,11-12H2,1-2H3,(H,21,24)(H,22,23)(H,25,26)/t17-/m1/s1. The van der Waals surface area contributed by atoms with Gasteiger partial charge in [0.05, 0.1) is 6.54 Å². The summed E-state index contributed by atoms with van der Waals surface area (Å²) in [5.41, 5.74) is 3.18. The van der Waals surface area contributed by atoms with Crippen molar-refractivity contribution in [2.24, 2.45) is 0 Å². The molecule has 2 rings (SSSR count). The van der Waals surface area contributed by atoms with Gasteiger partial charge in [0.2, 0.25) is 5.91 Å². The molecule has 0 aliphatic rings. The molecule has 0 fully saturated rings. The number of carbonyl (C=O) groups excluding carboxylic acids is 2. The molecule has 0 heterocycles. The van der Waals surface area contributed by atoms with Gasteiger partial charge in [0.15, 0.2) is 0 Å². The maximum atomic E-state index is 12.2. The van der Waals surface area contributed by atoms with Crippen molar-refractivity contribution in [3.8, 4) is 0 Å². The molecule has 0 spiro atoms. The van der Waals surface area contributed by atoms with Crippen LogP contribution in [0.2, 0.25) is 0 Å². The third kappa shape index (κ3) is 5.73. The van der Waals surface area contributed by atoms with Crippen molar-refractivity contribution in [1.29, 1.82) is 0 Å². The first-order valence-electron chi connectivity index (χ1n) is 8.27. The van der Waals surface area contributed by atoms with Gasteiger partial charge in [-0.2, -0.15) is 0 Å². The van der Waals surface area contributed by atoms with E-state index in [4.69, 9.17) is 0 Å². The van der Waals surface area contributed by atoms with Crippen LogP contribution < -0.4 is 10.6 Å². The summed E-state index contributed by atoms with van der Waals surface area (Å²) in [6.07, 6.45) is 0.174. The maximum absolute atomic E-state index is 12.2. The highest BCUT2D eigenvalue weighted by Gasteiger charge is 2.20. The Hall–Kier alpha value is -3.15. The van der Waals surface area contributed by atoms with E-state index in [1.165, 1.54) is 0 Å². The Kier molecular flexibility index (Phi) is 6.49. The first-order valence-corrected chi connectivity index (χ1v) is 8.27. The van der Waals surface area contributed by atoms with Crippen molar-refractivity contribution in [2.75, 3.05) is 6.54 Å². The van der Waals surface area contributed by atoms with Gasteiger partial charge in [-0.05, 0) is 31.5 Å². The topological polar surface area (TPSA) is 95.5 Å². The third-order valence-corrected chi connectivity index (χ3v) is 3.81. The van der Waals surface area contributed by atoms with Crippen LogP contribution in [-0.4, -0.2) is 35.5 Å². The molecule has 0 saturated carbocycles. The molecular weight excluding hydrogens is 332 g/mol. The molecule has 2 aromatic carbocycles. The smallest absolute Gasteiger partial charge is 0.326 e. The molecule has 3 N–H and O–H groups in total. The van der Waals surface area contributed by atoms with Gasteiger partial charge >= 0.3 is 5.97 Å². The third-order valence-electron chi connectivity index (χ3n) is 3.81. The van der Waals surface area contributed by atoms with E-state index in [0.29, 0.717) is 5.56 Å². The lowest BCUT2D eigenvalue weighted by molar-refractivity contribution is -0.141. The SMILES string of the molecule is Cc1cc(C)cc(C(=O)NCC(=O)N[C@H](Cc2ccccc2)C(=O)O)c1. The van der Waals surface area contributed by atoms with Gasteiger partial charge in [0.25, 0.3) is 5.91 Å². The minimum atomic E-state index is -1.12. The number of aliphatic carboxylic acids is 1. The maximum Gasteiger partial charge on any atom is 0.326 e. The minimum absolute atomic E-state index is 0.174. The minimum Gasteiger partial charge on any atom is -0.480 e. The van der Waals surface area contributed by atoms with Crippen molar-refractivity contribution in [3.63, 3.8) is 0 Å². The van der Waals surface area contributed by atoms with Crippen molar-refractivity contribution >= 4 is 17.8 Å². The van der Waals surface area contributed by atoms with Gasteiger partial charge < -0.3 is 15.7 Å². The van der Waals surface area contributed by atoms with Crippen LogP contribution in [-0.2, 0) is 16.0 Å². The molecule has 26 heavy (non-hydrogen) atoms. The molecule has 0 saturated heterocycles. The summed E-state index contributed by atoms with van der Waals surface area (Å²) in [6.45, 7) is 3.49. The molecule has 1 atom stereocenters. The molecular formula is C20H22N2O4. The van der Waals surface area contributed by atoms with Gasteiger partial charge in [-0.15, -0.1) is 0 Å². The van der Waals surface area contributed by atoms with Gasteiger partial charge in [0, 0.05) is 12.0 Å². The quantitative estimate of drug-likeness (QED) is 0.707. The van der Waals surface area contributed by atoms with E-state index in [1.54, 1.807) is 36.4 Å². The highest BCUT2D eigenvalue weighted by Crippen LogP contribution is 2.08.